The van der Waals surface area contributed by atoms with E-state index in [2.05, 4.69) is 5.32 Å². The highest BCUT2D eigenvalue weighted by Gasteiger charge is 2.08. The molecule has 2 aromatic carbocycles. The molecule has 0 bridgehead atoms. The van der Waals surface area contributed by atoms with E-state index in [1.54, 1.807) is 12.1 Å². The fourth-order valence-electron chi connectivity index (χ4n) is 1.69. The van der Waals surface area contributed by atoms with E-state index in [0.29, 0.717) is 10.9 Å². The molecule has 0 aliphatic rings. The van der Waals surface area contributed by atoms with Gasteiger partial charge in [0.2, 0.25) is 0 Å². The van der Waals surface area contributed by atoms with Gasteiger partial charge < -0.3 is 15.5 Å². The summed E-state index contributed by atoms with van der Waals surface area (Å²) in [5.41, 5.74) is 0.384. The molecule has 0 spiro atoms. The first-order valence-corrected chi connectivity index (χ1v) is 5.33. The van der Waals surface area contributed by atoms with E-state index in [1.807, 2.05) is 18.2 Å². The number of aliphatic hydroxyl groups excluding tert-OH is 1. The number of phenols is 1. The number of phenolic OH excluding ortho intramolecular Hbond substituents is 1. The summed E-state index contributed by atoms with van der Waals surface area (Å²) in [6, 6.07) is 10.4. The van der Waals surface area contributed by atoms with Crippen LogP contribution in [0.5, 0.6) is 5.75 Å². The minimum absolute atomic E-state index is 0.0808. The fraction of sp³-hybridized carbons (Fsp3) is 0.154. The molecule has 2 aromatic rings. The van der Waals surface area contributed by atoms with Gasteiger partial charge in [0.25, 0.3) is 5.91 Å². The number of nitrogens with one attached hydrogen (secondary N) is 1. The van der Waals surface area contributed by atoms with Crippen LogP contribution in [-0.2, 0) is 0 Å². The molecule has 4 heteroatoms. The molecule has 0 unspecified atom stereocenters. The van der Waals surface area contributed by atoms with E-state index < -0.39 is 0 Å². The van der Waals surface area contributed by atoms with Crippen LogP contribution in [0.4, 0.5) is 0 Å². The van der Waals surface area contributed by atoms with Gasteiger partial charge >= 0.3 is 0 Å². The van der Waals surface area contributed by atoms with E-state index in [0.717, 1.165) is 5.39 Å². The first-order chi connectivity index (χ1) is 8.22. The second kappa shape index (κ2) is 4.84. The van der Waals surface area contributed by atoms with E-state index in [1.165, 1.54) is 6.07 Å². The predicted octanol–water partition coefficient (Wildman–Crippen LogP) is 1.27. The molecule has 0 heterocycles. The number of carbonyl (C=O) groups is 1. The van der Waals surface area contributed by atoms with E-state index in [4.69, 9.17) is 5.11 Å². The van der Waals surface area contributed by atoms with Gasteiger partial charge in [0.05, 0.1) is 6.61 Å². The molecular formula is C13H13NO3. The zero-order valence-corrected chi connectivity index (χ0v) is 9.18. The Hall–Kier alpha value is -2.07. The number of hydrogen-bond acceptors (Lipinski definition) is 3. The largest absolute Gasteiger partial charge is 0.507 e. The van der Waals surface area contributed by atoms with Gasteiger partial charge in [0, 0.05) is 17.5 Å². The van der Waals surface area contributed by atoms with Gasteiger partial charge in [-0.15, -0.1) is 0 Å². The number of rotatable bonds is 3. The van der Waals surface area contributed by atoms with Crippen LogP contribution in [0.15, 0.2) is 36.4 Å². The second-order valence-corrected chi connectivity index (χ2v) is 3.70. The quantitative estimate of drug-likeness (QED) is 0.745. The van der Waals surface area contributed by atoms with Crippen molar-refractivity contribution in [1.82, 2.24) is 5.32 Å². The van der Waals surface area contributed by atoms with Crippen molar-refractivity contribution in [3.8, 4) is 5.75 Å². The monoisotopic (exact) mass is 231 g/mol. The Kier molecular flexibility index (Phi) is 3.25. The summed E-state index contributed by atoms with van der Waals surface area (Å²) in [5, 5.41) is 22.5. The molecule has 0 atom stereocenters. The molecule has 0 aromatic heterocycles. The second-order valence-electron chi connectivity index (χ2n) is 3.70. The SMILES string of the molecule is O=C(NCCO)c1cc(O)c2ccccc2c1. The zero-order chi connectivity index (χ0) is 12.3. The molecule has 4 nitrogen and oxygen atoms in total. The highest BCUT2D eigenvalue weighted by Crippen LogP contribution is 2.26. The molecule has 0 aliphatic carbocycles. The van der Waals surface area contributed by atoms with Gasteiger partial charge in [-0.25, -0.2) is 0 Å². The van der Waals surface area contributed by atoms with Crippen LogP contribution in [0.1, 0.15) is 10.4 Å². The molecule has 0 radical (unpaired) electrons. The summed E-state index contributed by atoms with van der Waals surface area (Å²) in [6.45, 7) is 0.0950. The van der Waals surface area contributed by atoms with Gasteiger partial charge in [-0.3, -0.25) is 4.79 Å². The average Bonchev–Trinajstić information content (AvgIpc) is 2.36. The smallest absolute Gasteiger partial charge is 0.251 e. The molecular weight excluding hydrogens is 218 g/mol. The van der Waals surface area contributed by atoms with Crippen molar-refractivity contribution < 1.29 is 15.0 Å². The Morgan fingerprint density at radius 1 is 1.24 bits per heavy atom. The lowest BCUT2D eigenvalue weighted by Crippen LogP contribution is -2.26. The van der Waals surface area contributed by atoms with Crippen LogP contribution in [0.3, 0.4) is 0 Å². The number of fused-ring (bicyclic) bond motifs is 1. The van der Waals surface area contributed by atoms with Crippen molar-refractivity contribution in [3.05, 3.63) is 42.0 Å². The number of hydrogen-bond donors (Lipinski definition) is 3. The van der Waals surface area contributed by atoms with Crippen LogP contribution in [0.25, 0.3) is 10.8 Å². The summed E-state index contributed by atoms with van der Waals surface area (Å²) in [4.78, 5) is 11.7. The Morgan fingerprint density at radius 2 is 2.00 bits per heavy atom. The summed E-state index contributed by atoms with van der Waals surface area (Å²) < 4.78 is 0. The molecule has 0 aliphatic heterocycles. The normalized spacial score (nSPS) is 10.4. The lowest BCUT2D eigenvalue weighted by Gasteiger charge is -2.06. The minimum Gasteiger partial charge on any atom is -0.507 e. The topological polar surface area (TPSA) is 69.6 Å². The molecule has 3 N–H and O–H groups in total. The Morgan fingerprint density at radius 3 is 2.76 bits per heavy atom. The van der Waals surface area contributed by atoms with E-state index in [9.17, 15) is 9.90 Å². The molecule has 0 fully saturated rings. The van der Waals surface area contributed by atoms with Crippen LogP contribution >= 0.6 is 0 Å². The molecule has 17 heavy (non-hydrogen) atoms. The highest BCUT2D eigenvalue weighted by molar-refractivity contribution is 6.00. The third kappa shape index (κ3) is 2.37. The zero-order valence-electron chi connectivity index (χ0n) is 9.18. The third-order valence-electron chi connectivity index (χ3n) is 2.50. The summed E-state index contributed by atoms with van der Waals surface area (Å²) in [6.07, 6.45) is 0. The predicted molar refractivity (Wildman–Crippen MR) is 65.0 cm³/mol. The van der Waals surface area contributed by atoms with E-state index >= 15 is 0 Å². The van der Waals surface area contributed by atoms with Gasteiger partial charge in [-0.05, 0) is 17.5 Å². The lowest BCUT2D eigenvalue weighted by atomic mass is 10.1. The maximum Gasteiger partial charge on any atom is 0.251 e. The van der Waals surface area contributed by atoms with Gasteiger partial charge in [0.1, 0.15) is 5.75 Å². The maximum atomic E-state index is 11.7. The van der Waals surface area contributed by atoms with Crippen molar-refractivity contribution in [1.29, 1.82) is 0 Å². The van der Waals surface area contributed by atoms with Crippen molar-refractivity contribution >= 4 is 16.7 Å². The fourth-order valence-corrected chi connectivity index (χ4v) is 1.69. The summed E-state index contributed by atoms with van der Waals surface area (Å²) in [7, 11) is 0. The number of aliphatic hydroxyl groups is 1. The van der Waals surface area contributed by atoms with Crippen molar-refractivity contribution in [2.45, 2.75) is 0 Å². The van der Waals surface area contributed by atoms with Gasteiger partial charge in [0.15, 0.2) is 0 Å². The van der Waals surface area contributed by atoms with Crippen molar-refractivity contribution in [2.24, 2.45) is 0 Å². The Bertz CT molecular complexity index is 551. The first-order valence-electron chi connectivity index (χ1n) is 5.33. The van der Waals surface area contributed by atoms with Crippen LogP contribution in [-0.4, -0.2) is 29.3 Å². The number of carbonyl (C=O) groups excluding carboxylic acids is 1. The first kappa shape index (κ1) is 11.4. The minimum atomic E-state index is -0.305. The molecule has 0 saturated heterocycles. The van der Waals surface area contributed by atoms with Crippen molar-refractivity contribution in [3.63, 3.8) is 0 Å². The summed E-state index contributed by atoms with van der Waals surface area (Å²) in [5.74, 6) is -0.225. The van der Waals surface area contributed by atoms with Crippen LogP contribution < -0.4 is 5.32 Å². The van der Waals surface area contributed by atoms with Gasteiger partial charge in [-0.1, -0.05) is 24.3 Å². The molecule has 0 saturated carbocycles. The summed E-state index contributed by atoms with van der Waals surface area (Å²) >= 11 is 0. The van der Waals surface area contributed by atoms with Crippen LogP contribution in [0, 0.1) is 0 Å². The standard InChI is InChI=1S/C13H13NO3/c15-6-5-14-13(17)10-7-9-3-1-2-4-11(9)12(16)8-10/h1-4,7-8,15-16H,5-6H2,(H,14,17). The average molecular weight is 231 g/mol. The Balaban J connectivity index is 2.39. The van der Waals surface area contributed by atoms with Crippen molar-refractivity contribution in [2.75, 3.05) is 13.2 Å². The highest BCUT2D eigenvalue weighted by atomic mass is 16.3. The molecule has 88 valence electrons. The number of benzene rings is 2. The third-order valence-corrected chi connectivity index (χ3v) is 2.50. The van der Waals surface area contributed by atoms with E-state index in [-0.39, 0.29) is 24.8 Å². The molecule has 1 amide bonds. The van der Waals surface area contributed by atoms with Crippen LogP contribution in [0.2, 0.25) is 0 Å². The number of amides is 1. The maximum absolute atomic E-state index is 11.7. The lowest BCUT2D eigenvalue weighted by molar-refractivity contribution is 0.0944. The molecule has 2 rings (SSSR count). The number of aromatic hydroxyl groups is 1. The Labute approximate surface area is 98.5 Å². The van der Waals surface area contributed by atoms with Gasteiger partial charge in [-0.2, -0.15) is 0 Å².